The number of rotatable bonds is 7. The maximum Gasteiger partial charge on any atom is 0.206 e. The van der Waals surface area contributed by atoms with Crippen molar-refractivity contribution in [2.75, 3.05) is 11.9 Å². The Balaban J connectivity index is 2.03. The first-order chi connectivity index (χ1) is 10.5. The molecule has 118 valence electrons. The summed E-state index contributed by atoms with van der Waals surface area (Å²) in [6.07, 6.45) is 0.973. The molecule has 2 aromatic rings. The first-order valence-electron chi connectivity index (χ1n) is 6.74. The Kier molecular flexibility index (Phi) is 5.84. The summed E-state index contributed by atoms with van der Waals surface area (Å²) in [6, 6.07) is 2.95. The molecule has 4 nitrogen and oxygen atoms in total. The van der Waals surface area contributed by atoms with Gasteiger partial charge in [0.2, 0.25) is 5.13 Å². The summed E-state index contributed by atoms with van der Waals surface area (Å²) in [6.45, 7) is 4.51. The number of hydrogen-bond donors (Lipinski definition) is 1. The zero-order valence-electron chi connectivity index (χ0n) is 12.1. The summed E-state index contributed by atoms with van der Waals surface area (Å²) < 4.78 is 27.1. The van der Waals surface area contributed by atoms with Gasteiger partial charge in [-0.2, -0.15) is 0 Å². The second-order valence-electron chi connectivity index (χ2n) is 4.55. The Morgan fingerprint density at radius 1 is 1.41 bits per heavy atom. The average Bonchev–Trinajstić information content (AvgIpc) is 2.92. The number of carbonyl (C=O) groups excluding carboxylic acids is 1. The maximum atomic E-state index is 13.6. The molecule has 22 heavy (non-hydrogen) atoms. The summed E-state index contributed by atoms with van der Waals surface area (Å²) in [4.78, 5) is 12.2. The topological polar surface area (TPSA) is 54.9 Å². The van der Waals surface area contributed by atoms with Crippen molar-refractivity contribution in [3.63, 3.8) is 0 Å². The van der Waals surface area contributed by atoms with Crippen LogP contribution in [0.15, 0.2) is 22.5 Å². The lowest BCUT2D eigenvalue weighted by Gasteiger charge is -2.08. The molecule has 1 N–H and O–H groups in total. The molecular weight excluding hydrogens is 328 g/mol. The molecule has 1 atom stereocenters. The molecule has 1 heterocycles. The molecule has 0 aliphatic carbocycles. The zero-order valence-corrected chi connectivity index (χ0v) is 13.7. The highest BCUT2D eigenvalue weighted by Crippen LogP contribution is 2.30. The number of halogens is 2. The Morgan fingerprint density at radius 2 is 2.18 bits per heavy atom. The van der Waals surface area contributed by atoms with E-state index in [1.807, 2.05) is 6.92 Å². The van der Waals surface area contributed by atoms with Crippen molar-refractivity contribution in [3.8, 4) is 0 Å². The largest absolute Gasteiger partial charge is 0.360 e. The Hall–Kier alpha value is -1.54. The fraction of sp³-hybridized carbons (Fsp3) is 0.357. The lowest BCUT2D eigenvalue weighted by atomic mass is 10.1. The van der Waals surface area contributed by atoms with Gasteiger partial charge in [0.05, 0.1) is 10.8 Å². The van der Waals surface area contributed by atoms with Crippen LogP contribution in [0.25, 0.3) is 0 Å². The summed E-state index contributed by atoms with van der Waals surface area (Å²) in [7, 11) is 0. The summed E-state index contributed by atoms with van der Waals surface area (Å²) in [5, 5.41) is 11.2. The van der Waals surface area contributed by atoms with E-state index in [1.165, 1.54) is 29.2 Å². The zero-order chi connectivity index (χ0) is 16.1. The van der Waals surface area contributed by atoms with Gasteiger partial charge in [-0.3, -0.25) is 4.79 Å². The highest BCUT2D eigenvalue weighted by atomic mass is 32.2. The van der Waals surface area contributed by atoms with Gasteiger partial charge in [-0.05, 0) is 25.5 Å². The third-order valence-electron chi connectivity index (χ3n) is 2.78. The third kappa shape index (κ3) is 4.23. The van der Waals surface area contributed by atoms with Crippen LogP contribution in [-0.2, 0) is 0 Å². The molecular formula is C14H15F2N3OS2. The SMILES string of the molecule is CCCNc1nnc(SC(C)C(=O)c2ccc(F)cc2F)s1. The molecule has 0 bridgehead atoms. The van der Waals surface area contributed by atoms with Crippen molar-refractivity contribution in [2.45, 2.75) is 29.9 Å². The van der Waals surface area contributed by atoms with Gasteiger partial charge < -0.3 is 5.32 Å². The van der Waals surface area contributed by atoms with Crippen molar-refractivity contribution in [1.29, 1.82) is 0 Å². The number of hydrogen-bond acceptors (Lipinski definition) is 6. The van der Waals surface area contributed by atoms with Gasteiger partial charge in [0.15, 0.2) is 10.1 Å². The number of Topliss-reactive ketones (excluding diaryl/α,β-unsaturated/α-hetero) is 1. The monoisotopic (exact) mass is 343 g/mol. The van der Waals surface area contributed by atoms with Crippen LogP contribution < -0.4 is 5.32 Å². The fourth-order valence-electron chi connectivity index (χ4n) is 1.67. The lowest BCUT2D eigenvalue weighted by molar-refractivity contribution is 0.0990. The smallest absolute Gasteiger partial charge is 0.206 e. The van der Waals surface area contributed by atoms with Gasteiger partial charge in [-0.1, -0.05) is 30.0 Å². The molecule has 0 aliphatic heterocycles. The number of thioether (sulfide) groups is 1. The van der Waals surface area contributed by atoms with Crippen LogP contribution in [0.4, 0.5) is 13.9 Å². The Morgan fingerprint density at radius 3 is 2.86 bits per heavy atom. The van der Waals surface area contributed by atoms with Gasteiger partial charge in [-0.15, -0.1) is 10.2 Å². The maximum absolute atomic E-state index is 13.6. The predicted molar refractivity (Wildman–Crippen MR) is 84.7 cm³/mol. The minimum atomic E-state index is -0.847. The molecule has 2 rings (SSSR count). The van der Waals surface area contributed by atoms with Crippen LogP contribution in [0.1, 0.15) is 30.6 Å². The van der Waals surface area contributed by atoms with Crippen molar-refractivity contribution in [2.24, 2.45) is 0 Å². The molecule has 0 saturated heterocycles. The van der Waals surface area contributed by atoms with Crippen LogP contribution in [-0.4, -0.2) is 27.8 Å². The van der Waals surface area contributed by atoms with Gasteiger partial charge in [0.25, 0.3) is 0 Å². The van der Waals surface area contributed by atoms with E-state index in [-0.39, 0.29) is 5.56 Å². The van der Waals surface area contributed by atoms with Crippen LogP contribution >= 0.6 is 23.1 Å². The van der Waals surface area contributed by atoms with Gasteiger partial charge >= 0.3 is 0 Å². The number of nitrogens with zero attached hydrogens (tertiary/aromatic N) is 2. The molecule has 0 radical (unpaired) electrons. The van der Waals surface area contributed by atoms with E-state index in [2.05, 4.69) is 15.5 Å². The van der Waals surface area contributed by atoms with E-state index in [0.29, 0.717) is 15.5 Å². The number of benzene rings is 1. The van der Waals surface area contributed by atoms with Crippen LogP contribution in [0.3, 0.4) is 0 Å². The normalized spacial score (nSPS) is 12.2. The number of aromatic nitrogens is 2. The third-order valence-corrected chi connectivity index (χ3v) is 4.84. The molecule has 8 heteroatoms. The summed E-state index contributed by atoms with van der Waals surface area (Å²) in [5.74, 6) is -1.95. The number of nitrogens with one attached hydrogen (secondary N) is 1. The highest BCUT2D eigenvalue weighted by molar-refractivity contribution is 8.02. The molecule has 1 aromatic heterocycles. The minimum Gasteiger partial charge on any atom is -0.360 e. The van der Waals surface area contributed by atoms with Crippen molar-refractivity contribution in [1.82, 2.24) is 10.2 Å². The Bertz CT molecular complexity index is 663. The van der Waals surface area contributed by atoms with E-state index in [9.17, 15) is 13.6 Å². The fourth-order valence-corrected chi connectivity index (χ4v) is 3.66. The van der Waals surface area contributed by atoms with E-state index in [1.54, 1.807) is 6.92 Å². The van der Waals surface area contributed by atoms with E-state index >= 15 is 0 Å². The molecule has 0 amide bonds. The molecule has 0 fully saturated rings. The number of carbonyl (C=O) groups is 1. The van der Waals surface area contributed by atoms with Gasteiger partial charge in [-0.25, -0.2) is 8.78 Å². The standard InChI is InChI=1S/C14H15F2N3OS2/c1-3-6-17-13-18-19-14(22-13)21-8(2)12(20)10-5-4-9(15)7-11(10)16/h4-5,7-8H,3,6H2,1-2H3,(H,17,18). The van der Waals surface area contributed by atoms with E-state index < -0.39 is 22.7 Å². The van der Waals surface area contributed by atoms with Crippen LogP contribution in [0, 0.1) is 11.6 Å². The van der Waals surface area contributed by atoms with Crippen LogP contribution in [0.5, 0.6) is 0 Å². The second-order valence-corrected chi connectivity index (χ2v) is 7.11. The van der Waals surface area contributed by atoms with E-state index in [4.69, 9.17) is 0 Å². The highest BCUT2D eigenvalue weighted by Gasteiger charge is 2.21. The average molecular weight is 343 g/mol. The number of anilines is 1. The summed E-state index contributed by atoms with van der Waals surface area (Å²) in [5.41, 5.74) is -0.116. The van der Waals surface area contributed by atoms with E-state index in [0.717, 1.165) is 19.0 Å². The molecule has 0 saturated carbocycles. The molecule has 1 unspecified atom stereocenters. The van der Waals surface area contributed by atoms with Gasteiger partial charge in [0.1, 0.15) is 11.6 Å². The minimum absolute atomic E-state index is 0.116. The predicted octanol–water partition coefficient (Wildman–Crippen LogP) is 4.00. The van der Waals surface area contributed by atoms with Crippen molar-refractivity contribution < 1.29 is 13.6 Å². The second kappa shape index (κ2) is 7.64. The van der Waals surface area contributed by atoms with Gasteiger partial charge in [0, 0.05) is 12.6 Å². The first-order valence-corrected chi connectivity index (χ1v) is 8.44. The van der Waals surface area contributed by atoms with Crippen LogP contribution in [0.2, 0.25) is 0 Å². The number of ketones is 1. The quantitative estimate of drug-likeness (QED) is 0.608. The summed E-state index contributed by atoms with van der Waals surface area (Å²) >= 11 is 2.55. The molecule has 1 aromatic carbocycles. The first kappa shape index (κ1) is 16.8. The lowest BCUT2D eigenvalue weighted by Crippen LogP contribution is -2.15. The molecule has 0 aliphatic rings. The van der Waals surface area contributed by atoms with Crippen molar-refractivity contribution in [3.05, 3.63) is 35.4 Å². The van der Waals surface area contributed by atoms with Crippen molar-refractivity contribution >= 4 is 34.0 Å². The Labute approximate surface area is 135 Å². The molecule has 0 spiro atoms.